The monoisotopic (exact) mass is 269 g/mol. The van der Waals surface area contributed by atoms with E-state index in [-0.39, 0.29) is 16.1 Å². The Morgan fingerprint density at radius 3 is 2.56 bits per heavy atom. The lowest BCUT2D eigenvalue weighted by Gasteiger charge is -2.12. The van der Waals surface area contributed by atoms with Crippen molar-refractivity contribution in [3.8, 4) is 0 Å². The van der Waals surface area contributed by atoms with Crippen LogP contribution in [-0.4, -0.2) is 20.4 Å². The summed E-state index contributed by atoms with van der Waals surface area (Å²) < 4.78 is 26.3. The molecule has 1 amide bonds. The maximum absolute atomic E-state index is 11.9. The summed E-state index contributed by atoms with van der Waals surface area (Å²) in [5, 5.41) is 0. The minimum atomic E-state index is -3.74. The molecular weight excluding hydrogens is 254 g/mol. The van der Waals surface area contributed by atoms with Crippen LogP contribution in [-0.2, 0) is 10.0 Å². The van der Waals surface area contributed by atoms with Crippen molar-refractivity contribution in [2.45, 2.75) is 17.9 Å². The van der Waals surface area contributed by atoms with E-state index in [0.29, 0.717) is 0 Å². The lowest BCUT2D eigenvalue weighted by atomic mass is 10.2. The van der Waals surface area contributed by atoms with Crippen molar-refractivity contribution in [1.29, 1.82) is 0 Å². The Morgan fingerprint density at radius 2 is 2.11 bits per heavy atom. The fourth-order valence-corrected chi connectivity index (χ4v) is 2.63. The van der Waals surface area contributed by atoms with Gasteiger partial charge >= 0.3 is 0 Å². The number of primary amides is 1. The van der Waals surface area contributed by atoms with Gasteiger partial charge in [-0.25, -0.2) is 13.1 Å². The molecular formula is C11H15N3O3S. The summed E-state index contributed by atoms with van der Waals surface area (Å²) in [4.78, 5) is 10.8. The second-order valence-electron chi connectivity index (χ2n) is 3.76. The number of sulfonamides is 1. The number of nitrogens with one attached hydrogen (secondary N) is 1. The standard InChI is InChI=1S/C11H15N3O3S/c1-3-7(2)14-18(16,17)10-5-4-8(11(13)15)6-9(10)12/h3-7,14H,1,12H2,2H3,(H2,13,15). The molecule has 0 saturated carbocycles. The number of nitrogen functional groups attached to an aromatic ring is 1. The molecule has 0 spiro atoms. The molecule has 1 rings (SSSR count). The summed E-state index contributed by atoms with van der Waals surface area (Å²) >= 11 is 0. The fraction of sp³-hybridized carbons (Fsp3) is 0.182. The highest BCUT2D eigenvalue weighted by molar-refractivity contribution is 7.89. The van der Waals surface area contributed by atoms with Gasteiger partial charge in [0.25, 0.3) is 0 Å². The Balaban J connectivity index is 3.18. The highest BCUT2D eigenvalue weighted by atomic mass is 32.2. The van der Waals surface area contributed by atoms with Gasteiger partial charge in [-0.2, -0.15) is 0 Å². The minimum Gasteiger partial charge on any atom is -0.398 e. The van der Waals surface area contributed by atoms with Crippen LogP contribution in [0, 0.1) is 0 Å². The maximum Gasteiger partial charge on any atom is 0.248 e. The van der Waals surface area contributed by atoms with Gasteiger partial charge in [-0.15, -0.1) is 6.58 Å². The molecule has 1 aromatic rings. The van der Waals surface area contributed by atoms with E-state index in [4.69, 9.17) is 11.5 Å². The van der Waals surface area contributed by atoms with Crippen molar-refractivity contribution in [3.63, 3.8) is 0 Å². The molecule has 0 aromatic heterocycles. The largest absolute Gasteiger partial charge is 0.398 e. The van der Waals surface area contributed by atoms with E-state index in [0.717, 1.165) is 0 Å². The molecule has 1 aromatic carbocycles. The van der Waals surface area contributed by atoms with Crippen molar-refractivity contribution in [3.05, 3.63) is 36.4 Å². The zero-order chi connectivity index (χ0) is 13.9. The highest BCUT2D eigenvalue weighted by Gasteiger charge is 2.19. The van der Waals surface area contributed by atoms with E-state index in [1.165, 1.54) is 24.3 Å². The normalized spacial score (nSPS) is 12.9. The zero-order valence-corrected chi connectivity index (χ0v) is 10.7. The van der Waals surface area contributed by atoms with Gasteiger partial charge in [-0.05, 0) is 25.1 Å². The Morgan fingerprint density at radius 1 is 1.50 bits per heavy atom. The number of carbonyl (C=O) groups excluding carboxylic acids is 1. The number of hydrogen-bond acceptors (Lipinski definition) is 4. The lowest BCUT2D eigenvalue weighted by Crippen LogP contribution is -2.31. The Hall–Kier alpha value is -1.86. The van der Waals surface area contributed by atoms with Crippen LogP contribution in [0.2, 0.25) is 0 Å². The van der Waals surface area contributed by atoms with Gasteiger partial charge in [0.1, 0.15) is 4.90 Å². The van der Waals surface area contributed by atoms with Gasteiger partial charge < -0.3 is 11.5 Å². The molecule has 0 fully saturated rings. The summed E-state index contributed by atoms with van der Waals surface area (Å²) in [6.45, 7) is 5.12. The van der Waals surface area contributed by atoms with Crippen molar-refractivity contribution >= 4 is 21.6 Å². The predicted molar refractivity (Wildman–Crippen MR) is 69.4 cm³/mol. The van der Waals surface area contributed by atoms with Crippen LogP contribution in [0.4, 0.5) is 5.69 Å². The van der Waals surface area contributed by atoms with E-state index >= 15 is 0 Å². The third-order valence-electron chi connectivity index (χ3n) is 2.28. The molecule has 5 N–H and O–H groups in total. The Labute approximate surface area is 106 Å². The van der Waals surface area contributed by atoms with Crippen LogP contribution >= 0.6 is 0 Å². The smallest absolute Gasteiger partial charge is 0.248 e. The third-order valence-corrected chi connectivity index (χ3v) is 3.91. The highest BCUT2D eigenvalue weighted by Crippen LogP contribution is 2.19. The van der Waals surface area contributed by atoms with Gasteiger partial charge in [0.2, 0.25) is 15.9 Å². The number of hydrogen-bond donors (Lipinski definition) is 3. The molecule has 0 saturated heterocycles. The lowest BCUT2D eigenvalue weighted by molar-refractivity contribution is 0.1000. The van der Waals surface area contributed by atoms with Crippen LogP contribution in [0.25, 0.3) is 0 Å². The summed E-state index contributed by atoms with van der Waals surface area (Å²) in [5.74, 6) is -0.668. The summed E-state index contributed by atoms with van der Waals surface area (Å²) in [5.41, 5.74) is 10.8. The molecule has 98 valence electrons. The summed E-state index contributed by atoms with van der Waals surface area (Å²) in [7, 11) is -3.74. The van der Waals surface area contributed by atoms with Crippen LogP contribution < -0.4 is 16.2 Å². The number of nitrogens with two attached hydrogens (primary N) is 2. The summed E-state index contributed by atoms with van der Waals surface area (Å²) in [6.07, 6.45) is 1.45. The van der Waals surface area contributed by atoms with Crippen molar-refractivity contribution < 1.29 is 13.2 Å². The average molecular weight is 269 g/mol. The first-order chi connectivity index (χ1) is 8.27. The molecule has 7 heteroatoms. The van der Waals surface area contributed by atoms with Crippen molar-refractivity contribution in [2.24, 2.45) is 5.73 Å². The van der Waals surface area contributed by atoms with Gasteiger partial charge in [0.05, 0.1) is 5.69 Å². The molecule has 0 aliphatic rings. The number of rotatable bonds is 5. The SMILES string of the molecule is C=CC(C)NS(=O)(=O)c1ccc(C(N)=O)cc1N. The second-order valence-corrected chi connectivity index (χ2v) is 5.44. The van der Waals surface area contributed by atoms with E-state index in [1.54, 1.807) is 6.92 Å². The minimum absolute atomic E-state index is 0.0323. The topological polar surface area (TPSA) is 115 Å². The van der Waals surface area contributed by atoms with Crippen LogP contribution in [0.3, 0.4) is 0 Å². The van der Waals surface area contributed by atoms with Crippen molar-refractivity contribution in [2.75, 3.05) is 5.73 Å². The average Bonchev–Trinajstić information content (AvgIpc) is 2.27. The van der Waals surface area contributed by atoms with Gasteiger partial charge in [0.15, 0.2) is 0 Å². The number of amides is 1. The van der Waals surface area contributed by atoms with E-state index in [9.17, 15) is 13.2 Å². The maximum atomic E-state index is 11.9. The van der Waals surface area contributed by atoms with Crippen molar-refractivity contribution in [1.82, 2.24) is 4.72 Å². The Kier molecular flexibility index (Phi) is 4.10. The first-order valence-corrected chi connectivity index (χ1v) is 6.60. The van der Waals surface area contributed by atoms with E-state index in [1.807, 2.05) is 0 Å². The molecule has 0 bridgehead atoms. The molecule has 0 aliphatic carbocycles. The summed E-state index contributed by atoms with van der Waals surface area (Å²) in [6, 6.07) is 3.36. The first-order valence-electron chi connectivity index (χ1n) is 5.12. The molecule has 6 nitrogen and oxygen atoms in total. The van der Waals surface area contributed by atoms with E-state index < -0.39 is 22.0 Å². The first kappa shape index (κ1) is 14.2. The van der Waals surface area contributed by atoms with Gasteiger partial charge in [0, 0.05) is 11.6 Å². The van der Waals surface area contributed by atoms with Crippen LogP contribution in [0.5, 0.6) is 0 Å². The number of anilines is 1. The Bertz CT molecular complexity index is 581. The van der Waals surface area contributed by atoms with E-state index in [2.05, 4.69) is 11.3 Å². The molecule has 0 aliphatic heterocycles. The van der Waals surface area contributed by atoms with Gasteiger partial charge in [-0.3, -0.25) is 4.79 Å². The molecule has 0 radical (unpaired) electrons. The quantitative estimate of drug-likeness (QED) is 0.524. The molecule has 1 unspecified atom stereocenters. The number of carbonyl (C=O) groups is 1. The zero-order valence-electron chi connectivity index (χ0n) is 9.88. The van der Waals surface area contributed by atoms with Crippen LogP contribution in [0.15, 0.2) is 35.7 Å². The second kappa shape index (κ2) is 5.19. The fourth-order valence-electron chi connectivity index (χ4n) is 1.30. The number of benzene rings is 1. The molecule has 0 heterocycles. The van der Waals surface area contributed by atoms with Crippen LogP contribution in [0.1, 0.15) is 17.3 Å². The predicted octanol–water partition coefficient (Wildman–Crippen LogP) is 0.221. The molecule has 18 heavy (non-hydrogen) atoms. The molecule has 1 atom stereocenters. The third kappa shape index (κ3) is 3.08. The van der Waals surface area contributed by atoms with Gasteiger partial charge in [-0.1, -0.05) is 6.08 Å².